The van der Waals surface area contributed by atoms with Crippen molar-refractivity contribution in [3.63, 3.8) is 0 Å². The molecular formula is C16H10ClFN4OS2. The van der Waals surface area contributed by atoms with Crippen LogP contribution in [0.3, 0.4) is 0 Å². The zero-order chi connectivity index (χ0) is 17.6. The summed E-state index contributed by atoms with van der Waals surface area (Å²) >= 11 is 8.36. The van der Waals surface area contributed by atoms with Gasteiger partial charge in [0.1, 0.15) is 17.2 Å². The average Bonchev–Trinajstić information content (AvgIpc) is 3.26. The van der Waals surface area contributed by atoms with Crippen molar-refractivity contribution < 1.29 is 9.18 Å². The number of nitrogens with zero attached hydrogens (tertiary/aromatic N) is 3. The number of halogens is 2. The number of hydrogen-bond donors (Lipinski definition) is 1. The van der Waals surface area contributed by atoms with Gasteiger partial charge in [-0.25, -0.2) is 9.37 Å². The van der Waals surface area contributed by atoms with E-state index in [9.17, 15) is 9.18 Å². The lowest BCUT2D eigenvalue weighted by atomic mass is 10.3. The number of nitrogens with one attached hydrogen (secondary N) is 1. The fourth-order valence-corrected chi connectivity index (χ4v) is 4.23. The summed E-state index contributed by atoms with van der Waals surface area (Å²) in [4.78, 5) is 17.2. The number of rotatable bonds is 3. The van der Waals surface area contributed by atoms with E-state index in [-0.39, 0.29) is 17.2 Å². The van der Waals surface area contributed by atoms with Gasteiger partial charge in [0.15, 0.2) is 0 Å². The van der Waals surface area contributed by atoms with Gasteiger partial charge in [-0.05, 0) is 31.2 Å². The second-order valence-corrected chi connectivity index (χ2v) is 7.95. The van der Waals surface area contributed by atoms with E-state index in [1.165, 1.54) is 33.4 Å². The Morgan fingerprint density at radius 3 is 2.84 bits per heavy atom. The molecule has 0 aliphatic carbocycles. The maximum atomic E-state index is 13.9. The van der Waals surface area contributed by atoms with Gasteiger partial charge in [-0.3, -0.25) is 4.79 Å². The minimum absolute atomic E-state index is 0.287. The van der Waals surface area contributed by atoms with Gasteiger partial charge in [0.05, 0.1) is 19.6 Å². The number of fused-ring (bicyclic) bond motifs is 1. The Bertz CT molecular complexity index is 1100. The summed E-state index contributed by atoms with van der Waals surface area (Å²) in [5.41, 5.74) is 0.997. The molecule has 0 atom stereocenters. The van der Waals surface area contributed by atoms with Crippen LogP contribution in [0.4, 0.5) is 10.2 Å². The standard InChI is InChI=1S/C16H10ClFN4OS2/c1-8-7-13(19-15(23)11-5-6-12(17)24-11)22(21-8)16-20-14-9(18)3-2-4-10(14)25-16/h2-7H,1H3,(H,19,23). The minimum atomic E-state index is -0.386. The third-order valence-corrected chi connectivity index (χ3v) is 5.64. The molecule has 3 heterocycles. The van der Waals surface area contributed by atoms with E-state index in [1.54, 1.807) is 30.3 Å². The van der Waals surface area contributed by atoms with E-state index < -0.39 is 0 Å². The molecule has 0 aliphatic heterocycles. The first kappa shape index (κ1) is 16.2. The summed E-state index contributed by atoms with van der Waals surface area (Å²) in [6.07, 6.45) is 0. The summed E-state index contributed by atoms with van der Waals surface area (Å²) in [6, 6.07) is 9.85. The predicted molar refractivity (Wildman–Crippen MR) is 98.7 cm³/mol. The molecule has 1 N–H and O–H groups in total. The average molecular weight is 393 g/mol. The van der Waals surface area contributed by atoms with Crippen molar-refractivity contribution in [2.45, 2.75) is 6.92 Å². The van der Waals surface area contributed by atoms with Crippen LogP contribution in [0.25, 0.3) is 15.3 Å². The number of hydrogen-bond acceptors (Lipinski definition) is 5. The van der Waals surface area contributed by atoms with Gasteiger partial charge in [0.25, 0.3) is 5.91 Å². The Balaban J connectivity index is 1.73. The lowest BCUT2D eigenvalue weighted by Crippen LogP contribution is -2.13. The number of aryl methyl sites for hydroxylation is 1. The van der Waals surface area contributed by atoms with E-state index in [0.29, 0.717) is 30.6 Å². The molecule has 0 aliphatic rings. The van der Waals surface area contributed by atoms with Gasteiger partial charge in [0.2, 0.25) is 5.13 Å². The SMILES string of the molecule is Cc1cc(NC(=O)c2ccc(Cl)s2)n(-c2nc3c(F)cccc3s2)n1. The highest BCUT2D eigenvalue weighted by atomic mass is 35.5. The molecule has 0 unspecified atom stereocenters. The summed E-state index contributed by atoms with van der Waals surface area (Å²) in [5, 5.41) is 7.65. The van der Waals surface area contributed by atoms with Crippen molar-refractivity contribution in [1.82, 2.24) is 14.8 Å². The number of para-hydroxylation sites is 1. The van der Waals surface area contributed by atoms with Crippen LogP contribution in [0.1, 0.15) is 15.4 Å². The molecular weight excluding hydrogens is 383 g/mol. The Morgan fingerprint density at radius 1 is 1.28 bits per heavy atom. The van der Waals surface area contributed by atoms with Crippen LogP contribution < -0.4 is 5.32 Å². The van der Waals surface area contributed by atoms with Crippen molar-refractivity contribution >= 4 is 56.2 Å². The Labute approximate surface area is 154 Å². The van der Waals surface area contributed by atoms with E-state index in [1.807, 2.05) is 6.92 Å². The number of carbonyl (C=O) groups excluding carboxylic acids is 1. The number of thiophene rings is 1. The molecule has 0 saturated carbocycles. The quantitative estimate of drug-likeness (QED) is 0.539. The maximum Gasteiger partial charge on any atom is 0.266 e. The molecule has 4 rings (SSSR count). The highest BCUT2D eigenvalue weighted by Crippen LogP contribution is 2.29. The molecule has 126 valence electrons. The number of benzene rings is 1. The minimum Gasteiger partial charge on any atom is -0.306 e. The normalized spacial score (nSPS) is 11.2. The van der Waals surface area contributed by atoms with Crippen LogP contribution in [0.2, 0.25) is 4.34 Å². The molecule has 0 bridgehead atoms. The molecule has 0 spiro atoms. The molecule has 1 amide bonds. The van der Waals surface area contributed by atoms with Gasteiger partial charge < -0.3 is 5.32 Å². The lowest BCUT2D eigenvalue weighted by molar-refractivity contribution is 0.103. The number of carbonyl (C=O) groups is 1. The molecule has 1 aromatic carbocycles. The second-order valence-electron chi connectivity index (χ2n) is 5.22. The van der Waals surface area contributed by atoms with Crippen molar-refractivity contribution in [2.75, 3.05) is 5.32 Å². The van der Waals surface area contributed by atoms with Crippen LogP contribution in [-0.2, 0) is 0 Å². The molecule has 5 nitrogen and oxygen atoms in total. The summed E-state index contributed by atoms with van der Waals surface area (Å²) in [6.45, 7) is 1.81. The first-order valence-corrected chi connectivity index (χ1v) is 9.21. The molecule has 3 aromatic heterocycles. The van der Waals surface area contributed by atoms with Crippen molar-refractivity contribution in [2.24, 2.45) is 0 Å². The summed E-state index contributed by atoms with van der Waals surface area (Å²) < 4.78 is 16.6. The Hall–Kier alpha value is -2.29. The van der Waals surface area contributed by atoms with E-state index in [4.69, 9.17) is 11.6 Å². The van der Waals surface area contributed by atoms with Crippen LogP contribution in [0, 0.1) is 12.7 Å². The third kappa shape index (κ3) is 3.04. The van der Waals surface area contributed by atoms with E-state index in [2.05, 4.69) is 15.4 Å². The fourth-order valence-electron chi connectivity index (χ4n) is 2.34. The van der Waals surface area contributed by atoms with Crippen LogP contribution in [0.5, 0.6) is 0 Å². The zero-order valence-electron chi connectivity index (χ0n) is 12.8. The van der Waals surface area contributed by atoms with E-state index in [0.717, 1.165) is 0 Å². The zero-order valence-corrected chi connectivity index (χ0v) is 15.2. The van der Waals surface area contributed by atoms with Crippen molar-refractivity contribution in [1.29, 1.82) is 0 Å². The number of amides is 1. The van der Waals surface area contributed by atoms with Crippen molar-refractivity contribution in [3.8, 4) is 5.13 Å². The molecule has 9 heteroatoms. The van der Waals surface area contributed by atoms with Crippen LogP contribution in [-0.4, -0.2) is 20.7 Å². The van der Waals surface area contributed by atoms with Gasteiger partial charge in [0, 0.05) is 6.07 Å². The first-order chi connectivity index (χ1) is 12.0. The fraction of sp³-hybridized carbons (Fsp3) is 0.0625. The number of thiazole rings is 1. The molecule has 0 radical (unpaired) electrons. The van der Waals surface area contributed by atoms with Crippen LogP contribution >= 0.6 is 34.3 Å². The predicted octanol–water partition coefficient (Wildman–Crippen LogP) is 4.90. The highest BCUT2D eigenvalue weighted by Gasteiger charge is 2.17. The van der Waals surface area contributed by atoms with Gasteiger partial charge >= 0.3 is 0 Å². The second kappa shape index (κ2) is 6.21. The van der Waals surface area contributed by atoms with E-state index >= 15 is 0 Å². The molecule has 0 fully saturated rings. The third-order valence-electron chi connectivity index (χ3n) is 3.41. The van der Waals surface area contributed by atoms with Crippen molar-refractivity contribution in [3.05, 3.63) is 57.1 Å². The number of anilines is 1. The first-order valence-electron chi connectivity index (χ1n) is 7.20. The monoisotopic (exact) mass is 392 g/mol. The lowest BCUT2D eigenvalue weighted by Gasteiger charge is -2.05. The van der Waals surface area contributed by atoms with Crippen LogP contribution in [0.15, 0.2) is 36.4 Å². The number of aromatic nitrogens is 3. The smallest absolute Gasteiger partial charge is 0.266 e. The molecule has 25 heavy (non-hydrogen) atoms. The summed E-state index contributed by atoms with van der Waals surface area (Å²) in [7, 11) is 0. The maximum absolute atomic E-state index is 13.9. The molecule has 4 aromatic rings. The van der Waals surface area contributed by atoms with Gasteiger partial charge in [-0.15, -0.1) is 11.3 Å². The summed E-state index contributed by atoms with van der Waals surface area (Å²) in [5.74, 6) is -0.209. The van der Waals surface area contributed by atoms with Gasteiger partial charge in [-0.1, -0.05) is 29.0 Å². The highest BCUT2D eigenvalue weighted by molar-refractivity contribution is 7.20. The Morgan fingerprint density at radius 2 is 2.12 bits per heavy atom. The largest absolute Gasteiger partial charge is 0.306 e. The Kier molecular flexibility index (Phi) is 4.03. The topological polar surface area (TPSA) is 59.8 Å². The molecule has 0 saturated heterocycles. The van der Waals surface area contributed by atoms with Gasteiger partial charge in [-0.2, -0.15) is 9.78 Å².